The van der Waals surface area contributed by atoms with Crippen LogP contribution in [0.1, 0.15) is 52.5 Å². The summed E-state index contributed by atoms with van der Waals surface area (Å²) in [6.07, 6.45) is -17.6. The lowest BCUT2D eigenvalue weighted by Crippen LogP contribution is -2.67. The van der Waals surface area contributed by atoms with Crippen LogP contribution < -0.4 is 0 Å². The molecular formula is C26H35N3O17. The highest BCUT2D eigenvalue weighted by Gasteiger charge is 2.57. The van der Waals surface area contributed by atoms with Crippen molar-refractivity contribution < 1.29 is 85.0 Å². The lowest BCUT2D eigenvalue weighted by atomic mass is 9.95. The summed E-state index contributed by atoms with van der Waals surface area (Å²) in [5, 5.41) is 3.40. The van der Waals surface area contributed by atoms with Gasteiger partial charge in [0.2, 0.25) is 0 Å². The molecule has 2 saturated heterocycles. The van der Waals surface area contributed by atoms with E-state index in [1.54, 1.807) is 0 Å². The molecule has 0 spiro atoms. The Balaban J connectivity index is 2.77. The number of hydrogen-bond donors (Lipinski definition) is 0. The zero-order valence-electron chi connectivity index (χ0n) is 28.1. The third-order valence-corrected chi connectivity index (χ3v) is 5.96. The normalized spacial score (nSPS) is 31.2. The molecule has 1 unspecified atom stereocenters. The molecule has 2 fully saturated rings. The number of azide groups is 1. The Morgan fingerprint density at radius 2 is 1.07 bits per heavy atom. The first kappa shape index (κ1) is 32.9. The van der Waals surface area contributed by atoms with Crippen LogP contribution >= 0.6 is 0 Å². The zero-order chi connectivity index (χ0) is 36.8. The SMILES string of the molecule is [2H]CC(=O)OC[C@H]1OC(N=[N+]=[N-])[C@@H](OC(=O)C[2H])[C@@H](OC(=O)C[2H])[C@@H]1O[C@@H]1O[C@H](COC(C)=O)[C@@H](OC(C)=O)[C@H](OC(C)=O)[C@@H]1OC(C)=O. The van der Waals surface area contributed by atoms with Gasteiger partial charge >= 0.3 is 41.8 Å². The predicted molar refractivity (Wildman–Crippen MR) is 142 cm³/mol. The minimum absolute atomic E-state index is 0.649. The van der Waals surface area contributed by atoms with E-state index >= 15 is 0 Å². The predicted octanol–water partition coefficient (Wildman–Crippen LogP) is -0.0836. The third-order valence-electron chi connectivity index (χ3n) is 5.96. The minimum Gasteiger partial charge on any atom is -0.463 e. The van der Waals surface area contributed by atoms with Crippen molar-refractivity contribution in [2.45, 2.75) is 110 Å². The van der Waals surface area contributed by atoms with E-state index in [4.69, 9.17) is 51.5 Å². The zero-order valence-corrected chi connectivity index (χ0v) is 25.1. The Hall–Kier alpha value is -4.52. The van der Waals surface area contributed by atoms with Gasteiger partial charge in [-0.2, -0.15) is 0 Å². The van der Waals surface area contributed by atoms with E-state index < -0.39 is 137 Å². The lowest BCUT2D eigenvalue weighted by Gasteiger charge is -2.48. The van der Waals surface area contributed by atoms with Crippen LogP contribution in [0.5, 0.6) is 0 Å². The summed E-state index contributed by atoms with van der Waals surface area (Å²) < 4.78 is 76.5. The summed E-state index contributed by atoms with van der Waals surface area (Å²) >= 11 is 0. The van der Waals surface area contributed by atoms with E-state index in [9.17, 15) is 39.1 Å². The molecule has 0 aromatic carbocycles. The highest BCUT2D eigenvalue weighted by Crippen LogP contribution is 2.35. The van der Waals surface area contributed by atoms with Gasteiger partial charge in [0.25, 0.3) is 0 Å². The van der Waals surface area contributed by atoms with Gasteiger partial charge in [0.05, 0.1) is 0 Å². The van der Waals surface area contributed by atoms with Crippen molar-refractivity contribution in [3.63, 3.8) is 0 Å². The fourth-order valence-electron chi connectivity index (χ4n) is 4.53. The summed E-state index contributed by atoms with van der Waals surface area (Å²) in [6.45, 7) is -0.259. The Kier molecular flexibility index (Phi) is 12.3. The van der Waals surface area contributed by atoms with Crippen molar-refractivity contribution in [3.8, 4) is 0 Å². The number of carbonyl (C=O) groups excluding carboxylic acids is 7. The number of esters is 7. The summed E-state index contributed by atoms with van der Waals surface area (Å²) in [7, 11) is 0. The molecular weight excluding hydrogens is 626 g/mol. The van der Waals surface area contributed by atoms with Crippen LogP contribution in [0.15, 0.2) is 5.11 Å². The highest BCUT2D eigenvalue weighted by atomic mass is 16.8. The molecule has 46 heavy (non-hydrogen) atoms. The molecule has 0 N–H and O–H groups in total. The van der Waals surface area contributed by atoms with Gasteiger partial charge in [0, 0.05) is 57.4 Å². The average molecular weight is 665 g/mol. The third kappa shape index (κ3) is 11.1. The van der Waals surface area contributed by atoms with Gasteiger partial charge in [0.1, 0.15) is 31.5 Å². The molecule has 0 saturated carbocycles. The molecule has 2 aliphatic heterocycles. The molecule has 20 nitrogen and oxygen atoms in total. The van der Waals surface area contributed by atoms with E-state index in [1.807, 2.05) is 0 Å². The van der Waals surface area contributed by atoms with Crippen LogP contribution in [0.2, 0.25) is 0 Å². The van der Waals surface area contributed by atoms with Crippen LogP contribution in [0.4, 0.5) is 0 Å². The molecule has 10 atom stereocenters. The maximum atomic E-state index is 12.5. The summed E-state index contributed by atoms with van der Waals surface area (Å²) in [6, 6.07) is 0. The molecule has 0 amide bonds. The maximum absolute atomic E-state index is 12.5. The Labute approximate surface area is 265 Å². The molecule has 0 radical (unpaired) electrons. The number of rotatable bonds is 12. The van der Waals surface area contributed by atoms with E-state index in [0.29, 0.717) is 0 Å². The fourth-order valence-corrected chi connectivity index (χ4v) is 4.53. The molecule has 0 aromatic heterocycles. The van der Waals surface area contributed by atoms with Crippen LogP contribution in [0.3, 0.4) is 0 Å². The van der Waals surface area contributed by atoms with Gasteiger partial charge in [-0.1, -0.05) is 5.11 Å². The quantitative estimate of drug-likeness (QED) is 0.0868. The van der Waals surface area contributed by atoms with Crippen LogP contribution in [0.25, 0.3) is 10.4 Å². The number of nitrogens with zero attached hydrogens (tertiary/aromatic N) is 3. The summed E-state index contributed by atoms with van der Waals surface area (Å²) in [5.74, 6) is -7.22. The first-order valence-corrected chi connectivity index (χ1v) is 13.2. The van der Waals surface area contributed by atoms with E-state index in [1.165, 1.54) is 0 Å². The summed E-state index contributed by atoms with van der Waals surface area (Å²) in [4.78, 5) is 87.5. The molecule has 0 aliphatic carbocycles. The number of carbonyl (C=O) groups is 7. The minimum atomic E-state index is -1.94. The second-order valence-electron chi connectivity index (χ2n) is 9.53. The molecule has 2 rings (SSSR count). The Morgan fingerprint density at radius 1 is 0.609 bits per heavy atom. The van der Waals surface area contributed by atoms with Gasteiger partial charge in [-0.05, 0) is 5.53 Å². The van der Waals surface area contributed by atoms with Gasteiger partial charge in [-0.3, -0.25) is 33.6 Å². The standard InChI is InChI=1S/C26H35N3O17/c1-10(30)37-8-17-20(21(40-13(4)33)23(42-15(6)35)25(44-17)28-29-27)46-26-24(43-16(7)36)22(41-14(5)34)19(39-12(3)32)18(45-26)9-38-11(2)31/h17-26H,8-9H2,1-7H3/t17-,18-,19-,20-,21+,22+,23+,24+,25?,26+/m1/s1/i1D,4D,6D. The maximum Gasteiger partial charge on any atom is 0.303 e. The van der Waals surface area contributed by atoms with Crippen molar-refractivity contribution in [1.82, 2.24) is 0 Å². The molecule has 20 heteroatoms. The second kappa shape index (κ2) is 17.2. The van der Waals surface area contributed by atoms with Crippen molar-refractivity contribution in [2.75, 3.05) is 13.2 Å². The number of hydrogen-bond acceptors (Lipinski definition) is 18. The smallest absolute Gasteiger partial charge is 0.303 e. The van der Waals surface area contributed by atoms with E-state index in [-0.39, 0.29) is 0 Å². The van der Waals surface area contributed by atoms with Gasteiger partial charge in [-0.25, -0.2) is 0 Å². The second-order valence-corrected chi connectivity index (χ2v) is 9.53. The first-order valence-electron chi connectivity index (χ1n) is 15.4. The molecule has 0 aromatic rings. The van der Waals surface area contributed by atoms with Crippen molar-refractivity contribution >= 4 is 41.8 Å². The van der Waals surface area contributed by atoms with Gasteiger partial charge < -0.3 is 47.4 Å². The van der Waals surface area contributed by atoms with E-state index in [2.05, 4.69) is 10.0 Å². The largest absolute Gasteiger partial charge is 0.463 e. The van der Waals surface area contributed by atoms with Crippen LogP contribution in [-0.2, 0) is 80.9 Å². The molecule has 2 aliphatic rings. The Bertz CT molecular complexity index is 1280. The molecule has 2 heterocycles. The van der Waals surface area contributed by atoms with Gasteiger partial charge in [-0.15, -0.1) is 0 Å². The van der Waals surface area contributed by atoms with Crippen LogP contribution in [0, 0.1) is 0 Å². The Morgan fingerprint density at radius 3 is 1.59 bits per heavy atom. The van der Waals surface area contributed by atoms with Gasteiger partial charge in [0.15, 0.2) is 43.0 Å². The number of ether oxygens (including phenoxy) is 10. The topological polar surface area (TPSA) is 261 Å². The highest BCUT2D eigenvalue weighted by molar-refractivity contribution is 5.69. The first-order chi connectivity index (χ1) is 23.1. The molecule has 0 bridgehead atoms. The average Bonchev–Trinajstić information content (AvgIpc) is 3.03. The van der Waals surface area contributed by atoms with E-state index in [0.717, 1.165) is 27.7 Å². The fraction of sp³-hybridized carbons (Fsp3) is 0.731. The molecule has 256 valence electrons. The van der Waals surface area contributed by atoms with Crippen molar-refractivity contribution in [3.05, 3.63) is 10.4 Å². The summed E-state index contributed by atoms with van der Waals surface area (Å²) in [5.41, 5.74) is 9.18. The van der Waals surface area contributed by atoms with Crippen molar-refractivity contribution in [2.24, 2.45) is 5.11 Å². The van der Waals surface area contributed by atoms with Crippen molar-refractivity contribution in [1.29, 1.82) is 0 Å². The monoisotopic (exact) mass is 664 g/mol. The lowest BCUT2D eigenvalue weighted by molar-refractivity contribution is -0.344. The van der Waals surface area contributed by atoms with Crippen LogP contribution in [-0.4, -0.2) is 116 Å².